The van der Waals surface area contributed by atoms with E-state index in [9.17, 15) is 8.78 Å². The quantitative estimate of drug-likeness (QED) is 0.830. The average Bonchev–Trinajstić information content (AvgIpc) is 2.32. The Kier molecular flexibility index (Phi) is 2.97. The molecule has 0 saturated heterocycles. The van der Waals surface area contributed by atoms with Crippen molar-refractivity contribution < 1.29 is 13.3 Å². The molecule has 0 spiro atoms. The largest absolute Gasteiger partial charge is 0.378 e. The van der Waals surface area contributed by atoms with E-state index in [4.69, 9.17) is 5.73 Å². The zero-order valence-electron chi connectivity index (χ0n) is 6.80. The third kappa shape index (κ3) is 3.00. The van der Waals surface area contributed by atoms with Crippen LogP contribution in [0.2, 0.25) is 0 Å². The number of rotatable bonds is 3. The van der Waals surface area contributed by atoms with Crippen LogP contribution < -0.4 is 5.73 Å². The maximum absolute atomic E-state index is 12.5. The fourth-order valence-corrected chi connectivity index (χ4v) is 0.901. The van der Waals surface area contributed by atoms with Crippen LogP contribution in [0.25, 0.3) is 0 Å². The number of alkyl halides is 3. The number of halogens is 3. The summed E-state index contributed by atoms with van der Waals surface area (Å²) < 4.78 is 29.3. The summed E-state index contributed by atoms with van der Waals surface area (Å²) in [5.74, 6) is -0.563. The van der Waals surface area contributed by atoms with Crippen LogP contribution in [0.3, 0.4) is 0 Å². The van der Waals surface area contributed by atoms with Gasteiger partial charge in [-0.3, -0.25) is 0 Å². The van der Waals surface area contributed by atoms with E-state index >= 15 is 0 Å². The first-order valence-electron chi connectivity index (χ1n) is 3.55. The van der Waals surface area contributed by atoms with E-state index in [1.807, 2.05) is 0 Å². The van der Waals surface area contributed by atoms with Gasteiger partial charge >= 0.3 is 10.7 Å². The highest BCUT2D eigenvalue weighted by atomic mass is 79.9. The van der Waals surface area contributed by atoms with Crippen LogP contribution >= 0.6 is 15.9 Å². The summed E-state index contributed by atoms with van der Waals surface area (Å²) in [4.78, 5) is 0.199. The van der Waals surface area contributed by atoms with Crippen molar-refractivity contribution >= 4 is 15.9 Å². The summed E-state index contributed by atoms with van der Waals surface area (Å²) in [5.41, 5.74) is 5.42. The molecule has 1 rings (SSSR count). The molecule has 7 heteroatoms. The number of nitrogens with zero attached hydrogens (tertiary/aromatic N) is 2. The molecule has 74 valence electrons. The van der Waals surface area contributed by atoms with Crippen LogP contribution in [0, 0.1) is 0 Å². The smallest absolute Gasteiger partial charge is 0.332 e. The third-order valence-corrected chi connectivity index (χ3v) is 1.55. The topological polar surface area (TPSA) is 64.9 Å². The monoisotopic (exact) mass is 255 g/mol. The van der Waals surface area contributed by atoms with E-state index in [-0.39, 0.29) is 11.9 Å². The summed E-state index contributed by atoms with van der Waals surface area (Å²) in [6.45, 7) is 1.72. The van der Waals surface area contributed by atoms with Crippen LogP contribution in [0.5, 0.6) is 0 Å². The molecular weight excluding hydrogens is 248 g/mol. The van der Waals surface area contributed by atoms with Gasteiger partial charge in [-0.05, 0) is 6.92 Å². The highest BCUT2D eigenvalue weighted by Crippen LogP contribution is 2.32. The molecule has 0 saturated carbocycles. The summed E-state index contributed by atoms with van der Waals surface area (Å²) in [6, 6.07) is -0.186. The first-order valence-corrected chi connectivity index (χ1v) is 4.34. The molecular formula is C6H8BrF2N3O. The predicted molar refractivity (Wildman–Crippen MR) is 44.5 cm³/mol. The molecule has 0 aliphatic rings. The zero-order valence-corrected chi connectivity index (χ0v) is 8.38. The van der Waals surface area contributed by atoms with E-state index in [1.165, 1.54) is 0 Å². The van der Waals surface area contributed by atoms with E-state index in [2.05, 4.69) is 30.6 Å². The van der Waals surface area contributed by atoms with Gasteiger partial charge in [-0.2, -0.15) is 13.8 Å². The normalized spacial score (nSPS) is 14.5. The molecule has 0 fully saturated rings. The Labute approximate surface area is 81.6 Å². The molecule has 0 aliphatic heterocycles. The number of hydrogen-bond donors (Lipinski definition) is 1. The van der Waals surface area contributed by atoms with Gasteiger partial charge in [-0.1, -0.05) is 5.16 Å². The molecule has 0 aliphatic carbocycles. The van der Waals surface area contributed by atoms with Gasteiger partial charge in [0.05, 0.1) is 0 Å². The van der Waals surface area contributed by atoms with Crippen molar-refractivity contribution in [2.45, 2.75) is 24.2 Å². The van der Waals surface area contributed by atoms with Crippen molar-refractivity contribution in [1.82, 2.24) is 10.1 Å². The van der Waals surface area contributed by atoms with Gasteiger partial charge in [0.2, 0.25) is 0 Å². The van der Waals surface area contributed by atoms with Gasteiger partial charge in [0.15, 0.2) is 5.82 Å². The second kappa shape index (κ2) is 3.67. The Bertz CT molecular complexity index is 284. The Balaban J connectivity index is 2.75. The molecule has 0 amide bonds. The molecule has 2 N–H and O–H groups in total. The molecule has 13 heavy (non-hydrogen) atoms. The van der Waals surface area contributed by atoms with Gasteiger partial charge < -0.3 is 10.3 Å². The molecule has 1 aromatic heterocycles. The Hall–Kier alpha value is -0.560. The molecule has 0 aromatic carbocycles. The predicted octanol–water partition coefficient (Wildman–Crippen LogP) is 1.40. The highest BCUT2D eigenvalue weighted by Gasteiger charge is 2.34. The van der Waals surface area contributed by atoms with Crippen molar-refractivity contribution in [3.63, 3.8) is 0 Å². The lowest BCUT2D eigenvalue weighted by molar-refractivity contribution is 0.0725. The fraction of sp³-hybridized carbons (Fsp3) is 0.667. The summed E-state index contributed by atoms with van der Waals surface area (Å²) in [6.07, 6.45) is 0.312. The fourth-order valence-electron chi connectivity index (χ4n) is 0.740. The van der Waals surface area contributed by atoms with Crippen molar-refractivity contribution in [2.24, 2.45) is 5.73 Å². The van der Waals surface area contributed by atoms with Crippen LogP contribution in [-0.2, 0) is 11.3 Å². The molecule has 1 atom stereocenters. The summed E-state index contributed by atoms with van der Waals surface area (Å²) >= 11 is 2.11. The van der Waals surface area contributed by atoms with Gasteiger partial charge in [-0.15, -0.1) is 0 Å². The van der Waals surface area contributed by atoms with E-state index in [0.717, 1.165) is 0 Å². The Morgan fingerprint density at radius 2 is 2.31 bits per heavy atom. The van der Waals surface area contributed by atoms with Crippen LogP contribution in [-0.4, -0.2) is 16.2 Å². The van der Waals surface area contributed by atoms with Crippen molar-refractivity contribution in [3.8, 4) is 0 Å². The minimum atomic E-state index is -3.27. The lowest BCUT2D eigenvalue weighted by atomic mass is 10.2. The van der Waals surface area contributed by atoms with Crippen molar-refractivity contribution in [3.05, 3.63) is 11.7 Å². The lowest BCUT2D eigenvalue weighted by Crippen LogP contribution is -2.18. The second-order valence-corrected chi connectivity index (χ2v) is 3.69. The molecule has 4 nitrogen and oxygen atoms in total. The van der Waals surface area contributed by atoms with E-state index in [1.54, 1.807) is 6.92 Å². The van der Waals surface area contributed by atoms with E-state index < -0.39 is 10.7 Å². The molecule has 1 heterocycles. The lowest BCUT2D eigenvalue weighted by Gasteiger charge is -1.99. The minimum absolute atomic E-state index is 0.184. The first kappa shape index (κ1) is 10.5. The van der Waals surface area contributed by atoms with Crippen LogP contribution in [0.1, 0.15) is 18.6 Å². The average molecular weight is 256 g/mol. The van der Waals surface area contributed by atoms with Gasteiger partial charge in [0, 0.05) is 28.4 Å². The molecule has 0 bridgehead atoms. The molecule has 1 unspecified atom stereocenters. The molecule has 0 radical (unpaired) electrons. The van der Waals surface area contributed by atoms with Gasteiger partial charge in [0.25, 0.3) is 0 Å². The number of hydrogen-bond acceptors (Lipinski definition) is 4. The zero-order chi connectivity index (χ0) is 10.1. The van der Waals surface area contributed by atoms with E-state index in [0.29, 0.717) is 6.42 Å². The maximum atomic E-state index is 12.5. The summed E-state index contributed by atoms with van der Waals surface area (Å²) in [5, 5.41) is 3.35. The Morgan fingerprint density at radius 3 is 2.69 bits per heavy atom. The number of nitrogens with two attached hydrogens (primary N) is 1. The maximum Gasteiger partial charge on any atom is 0.378 e. The molecule has 1 aromatic rings. The van der Waals surface area contributed by atoms with Crippen molar-refractivity contribution in [2.75, 3.05) is 0 Å². The third-order valence-electron chi connectivity index (χ3n) is 1.22. The standard InChI is InChI=1S/C6H8BrF2N3O/c1-3(10)2-4-11-5(13-12-4)6(7,8)9/h3H,2,10H2,1H3. The van der Waals surface area contributed by atoms with Crippen LogP contribution in [0.4, 0.5) is 8.78 Å². The van der Waals surface area contributed by atoms with Crippen LogP contribution in [0.15, 0.2) is 4.52 Å². The van der Waals surface area contributed by atoms with Gasteiger partial charge in [0.1, 0.15) is 0 Å². The second-order valence-electron chi connectivity index (χ2n) is 2.69. The highest BCUT2D eigenvalue weighted by molar-refractivity contribution is 9.09. The number of aromatic nitrogens is 2. The van der Waals surface area contributed by atoms with Gasteiger partial charge in [-0.25, -0.2) is 0 Å². The first-order chi connectivity index (χ1) is 5.89. The van der Waals surface area contributed by atoms with Crippen molar-refractivity contribution in [1.29, 1.82) is 0 Å². The SMILES string of the molecule is CC(N)Cc1noc(C(F)(F)Br)n1. The summed E-state index contributed by atoms with van der Waals surface area (Å²) in [7, 11) is 0. The Morgan fingerprint density at radius 1 is 1.69 bits per heavy atom. The minimum Gasteiger partial charge on any atom is -0.332 e.